The van der Waals surface area contributed by atoms with Gasteiger partial charge in [0.1, 0.15) is 11.5 Å². The van der Waals surface area contributed by atoms with E-state index in [9.17, 15) is 9.18 Å². The second kappa shape index (κ2) is 6.80. The molecule has 0 spiro atoms. The van der Waals surface area contributed by atoms with Crippen molar-refractivity contribution >= 4 is 23.2 Å². The van der Waals surface area contributed by atoms with Crippen molar-refractivity contribution < 1.29 is 4.39 Å². The normalized spacial score (nSPS) is 10.6. The van der Waals surface area contributed by atoms with Crippen molar-refractivity contribution in [3.63, 3.8) is 0 Å². The Morgan fingerprint density at radius 2 is 1.92 bits per heavy atom. The lowest BCUT2D eigenvalue weighted by Crippen LogP contribution is -2.19. The largest absolute Gasteiger partial charge is 0.324 e. The number of hydrogen-bond donors (Lipinski definition) is 2. The molecule has 7 heteroatoms. The highest BCUT2D eigenvalue weighted by Gasteiger charge is 2.08. The van der Waals surface area contributed by atoms with Gasteiger partial charge in [-0.1, -0.05) is 29.8 Å². The maximum atomic E-state index is 12.9. The molecule has 1 aromatic heterocycles. The van der Waals surface area contributed by atoms with E-state index in [4.69, 9.17) is 11.6 Å². The van der Waals surface area contributed by atoms with E-state index in [1.54, 1.807) is 24.3 Å². The molecule has 0 bridgehead atoms. The van der Waals surface area contributed by atoms with E-state index in [1.165, 1.54) is 12.1 Å². The van der Waals surface area contributed by atoms with Crippen molar-refractivity contribution in [2.24, 2.45) is 0 Å². The maximum absolute atomic E-state index is 12.9. The van der Waals surface area contributed by atoms with Gasteiger partial charge < -0.3 is 5.32 Å². The summed E-state index contributed by atoms with van der Waals surface area (Å²) >= 11 is 6.06. The number of benzene rings is 2. The number of H-pyrrole nitrogens is 1. The van der Waals surface area contributed by atoms with Gasteiger partial charge in [0, 0.05) is 17.1 Å². The molecule has 1 heterocycles. The van der Waals surface area contributed by atoms with E-state index in [-0.39, 0.29) is 29.4 Å². The van der Waals surface area contributed by atoms with Gasteiger partial charge in [-0.2, -0.15) is 0 Å². The van der Waals surface area contributed by atoms with Crippen LogP contribution in [0.3, 0.4) is 0 Å². The van der Waals surface area contributed by atoms with Crippen molar-refractivity contribution in [1.82, 2.24) is 15.2 Å². The number of nitrogens with one attached hydrogen (secondary N) is 2. The zero-order valence-corrected chi connectivity index (χ0v) is 13.6. The first-order chi connectivity index (χ1) is 11.5. The van der Waals surface area contributed by atoms with Gasteiger partial charge in [0.2, 0.25) is 5.95 Å². The van der Waals surface area contributed by atoms with Crippen LogP contribution in [0.2, 0.25) is 5.02 Å². The molecule has 0 saturated carbocycles. The standard InChI is InChI=1S/C17H14ClFN4O/c1-10-13(18)3-2-4-14(10)20-17-21-16(24)15(22-23-17)9-11-5-7-12(19)8-6-11/h2-8H,9H2,1H3,(H2,20,21,23,24). The van der Waals surface area contributed by atoms with E-state index in [2.05, 4.69) is 20.5 Å². The summed E-state index contributed by atoms with van der Waals surface area (Å²) in [5.41, 5.74) is 2.27. The Kier molecular flexibility index (Phi) is 4.57. The van der Waals surface area contributed by atoms with E-state index in [1.807, 2.05) is 13.0 Å². The summed E-state index contributed by atoms with van der Waals surface area (Å²) in [6, 6.07) is 11.3. The SMILES string of the molecule is Cc1c(Cl)cccc1Nc1nnc(Cc2ccc(F)cc2)c(=O)[nH]1. The predicted molar refractivity (Wildman–Crippen MR) is 91.3 cm³/mol. The minimum atomic E-state index is -0.350. The van der Waals surface area contributed by atoms with E-state index in [0.29, 0.717) is 5.02 Å². The fourth-order valence-electron chi connectivity index (χ4n) is 2.20. The van der Waals surface area contributed by atoms with E-state index >= 15 is 0 Å². The molecule has 0 aliphatic rings. The van der Waals surface area contributed by atoms with Crippen LogP contribution in [0, 0.1) is 12.7 Å². The predicted octanol–water partition coefficient (Wildman–Crippen LogP) is 3.60. The van der Waals surface area contributed by atoms with Crippen LogP contribution < -0.4 is 10.9 Å². The fraction of sp³-hybridized carbons (Fsp3) is 0.118. The Bertz CT molecular complexity index is 925. The Morgan fingerprint density at radius 3 is 2.62 bits per heavy atom. The Hall–Kier alpha value is -2.73. The summed E-state index contributed by atoms with van der Waals surface area (Å²) in [6.07, 6.45) is 0.277. The summed E-state index contributed by atoms with van der Waals surface area (Å²) in [5.74, 6) is -0.0941. The summed E-state index contributed by atoms with van der Waals surface area (Å²) in [7, 11) is 0. The number of nitrogens with zero attached hydrogens (tertiary/aromatic N) is 2. The Labute approximate surface area is 142 Å². The molecule has 122 valence electrons. The number of aromatic amines is 1. The molecule has 2 aromatic carbocycles. The van der Waals surface area contributed by atoms with Crippen molar-refractivity contribution in [1.29, 1.82) is 0 Å². The lowest BCUT2D eigenvalue weighted by Gasteiger charge is -2.09. The van der Waals surface area contributed by atoms with Gasteiger partial charge in [0.05, 0.1) is 0 Å². The first-order valence-corrected chi connectivity index (χ1v) is 7.63. The van der Waals surface area contributed by atoms with E-state index in [0.717, 1.165) is 16.8 Å². The summed E-state index contributed by atoms with van der Waals surface area (Å²) in [6.45, 7) is 1.86. The van der Waals surface area contributed by atoms with Crippen LogP contribution in [0.15, 0.2) is 47.3 Å². The molecule has 0 aliphatic heterocycles. The second-order valence-electron chi connectivity index (χ2n) is 5.29. The van der Waals surface area contributed by atoms with Crippen LogP contribution in [0.1, 0.15) is 16.8 Å². The third-order valence-electron chi connectivity index (χ3n) is 3.57. The van der Waals surface area contributed by atoms with Gasteiger partial charge in [0.15, 0.2) is 0 Å². The number of rotatable bonds is 4. The van der Waals surface area contributed by atoms with Gasteiger partial charge >= 0.3 is 0 Å². The van der Waals surface area contributed by atoms with Gasteiger partial charge in [-0.3, -0.25) is 9.78 Å². The monoisotopic (exact) mass is 344 g/mol. The topological polar surface area (TPSA) is 70.7 Å². The highest BCUT2D eigenvalue weighted by molar-refractivity contribution is 6.31. The number of hydrogen-bond acceptors (Lipinski definition) is 4. The smallest absolute Gasteiger partial charge is 0.274 e. The molecule has 0 aliphatic carbocycles. The Morgan fingerprint density at radius 1 is 1.17 bits per heavy atom. The zero-order valence-electron chi connectivity index (χ0n) is 12.8. The Balaban J connectivity index is 1.81. The maximum Gasteiger partial charge on any atom is 0.274 e. The van der Waals surface area contributed by atoms with E-state index < -0.39 is 0 Å². The molecular weight excluding hydrogens is 331 g/mol. The molecule has 2 N–H and O–H groups in total. The molecule has 3 rings (SSSR count). The van der Waals surface area contributed by atoms with Crippen molar-refractivity contribution in [3.05, 3.63) is 80.5 Å². The van der Waals surface area contributed by atoms with Crippen molar-refractivity contribution in [2.45, 2.75) is 13.3 Å². The average Bonchev–Trinajstić information content (AvgIpc) is 2.56. The minimum Gasteiger partial charge on any atom is -0.324 e. The minimum absolute atomic E-state index is 0.230. The highest BCUT2D eigenvalue weighted by Crippen LogP contribution is 2.24. The third kappa shape index (κ3) is 3.60. The molecular formula is C17H14ClFN4O. The molecule has 0 radical (unpaired) electrons. The number of halogens is 2. The summed E-state index contributed by atoms with van der Waals surface area (Å²) in [4.78, 5) is 14.8. The van der Waals surface area contributed by atoms with Crippen LogP contribution in [-0.4, -0.2) is 15.2 Å². The van der Waals surface area contributed by atoms with Crippen molar-refractivity contribution in [2.75, 3.05) is 5.32 Å². The lowest BCUT2D eigenvalue weighted by molar-refractivity contribution is 0.627. The molecule has 24 heavy (non-hydrogen) atoms. The number of anilines is 2. The highest BCUT2D eigenvalue weighted by atomic mass is 35.5. The molecule has 3 aromatic rings. The summed E-state index contributed by atoms with van der Waals surface area (Å²) < 4.78 is 12.9. The second-order valence-corrected chi connectivity index (χ2v) is 5.70. The van der Waals surface area contributed by atoms with Crippen molar-refractivity contribution in [3.8, 4) is 0 Å². The first kappa shape index (κ1) is 16.1. The zero-order chi connectivity index (χ0) is 17.1. The molecule has 0 fully saturated rings. The molecule has 0 saturated heterocycles. The third-order valence-corrected chi connectivity index (χ3v) is 3.98. The van der Waals surface area contributed by atoms with Gasteiger partial charge in [-0.15, -0.1) is 10.2 Å². The van der Waals surface area contributed by atoms with Crippen LogP contribution in [0.4, 0.5) is 16.0 Å². The van der Waals surface area contributed by atoms with Gasteiger partial charge in [-0.25, -0.2) is 4.39 Å². The van der Waals surface area contributed by atoms with Gasteiger partial charge in [0.25, 0.3) is 5.56 Å². The first-order valence-electron chi connectivity index (χ1n) is 7.25. The molecule has 5 nitrogen and oxygen atoms in total. The molecule has 0 atom stereocenters. The van der Waals surface area contributed by atoms with Gasteiger partial charge in [-0.05, 0) is 42.3 Å². The van der Waals surface area contributed by atoms with Crippen LogP contribution in [0.25, 0.3) is 0 Å². The molecule has 0 amide bonds. The van der Waals surface area contributed by atoms with Crippen LogP contribution in [-0.2, 0) is 6.42 Å². The summed E-state index contributed by atoms with van der Waals surface area (Å²) in [5, 5.41) is 11.5. The van der Waals surface area contributed by atoms with Crippen LogP contribution in [0.5, 0.6) is 0 Å². The fourth-order valence-corrected chi connectivity index (χ4v) is 2.37. The average molecular weight is 345 g/mol. The number of aromatic nitrogens is 3. The lowest BCUT2D eigenvalue weighted by atomic mass is 10.1. The molecule has 0 unspecified atom stereocenters. The quantitative estimate of drug-likeness (QED) is 0.758. The van der Waals surface area contributed by atoms with Crippen LogP contribution >= 0.6 is 11.6 Å².